The van der Waals surface area contributed by atoms with E-state index in [-0.39, 0.29) is 18.6 Å². The Hall–Kier alpha value is -1.55. The molecular weight excluding hydrogens is 228 g/mol. The lowest BCUT2D eigenvalue weighted by molar-refractivity contribution is -0.122. The van der Waals surface area contributed by atoms with Crippen molar-refractivity contribution < 1.29 is 9.53 Å². The van der Waals surface area contributed by atoms with E-state index < -0.39 is 0 Å². The molecule has 0 aromatic heterocycles. The smallest absolute Gasteiger partial charge is 0.253 e. The molecule has 0 N–H and O–H groups in total. The van der Waals surface area contributed by atoms with Crippen molar-refractivity contribution in [2.45, 2.75) is 19.4 Å². The Morgan fingerprint density at radius 2 is 2.06 bits per heavy atom. The second-order valence-electron chi connectivity index (χ2n) is 4.74. The molecule has 0 radical (unpaired) electrons. The van der Waals surface area contributed by atoms with E-state index in [4.69, 9.17) is 4.74 Å². The summed E-state index contributed by atoms with van der Waals surface area (Å²) < 4.78 is 4.98. The second kappa shape index (κ2) is 5.40. The lowest BCUT2D eigenvalue weighted by Gasteiger charge is -2.28. The fraction of sp³-hybridized carbons (Fsp3) is 0.500. The summed E-state index contributed by atoms with van der Waals surface area (Å²) >= 11 is 0. The third kappa shape index (κ3) is 2.34. The van der Waals surface area contributed by atoms with Crippen LogP contribution in [0.5, 0.6) is 0 Å². The van der Waals surface area contributed by atoms with Crippen molar-refractivity contribution in [2.75, 3.05) is 37.1 Å². The third-order valence-corrected chi connectivity index (χ3v) is 3.41. The van der Waals surface area contributed by atoms with Gasteiger partial charge in [-0.15, -0.1) is 0 Å². The van der Waals surface area contributed by atoms with Gasteiger partial charge in [0.05, 0.1) is 11.4 Å². The minimum atomic E-state index is 0.0211. The molecule has 0 saturated heterocycles. The maximum Gasteiger partial charge on any atom is 0.253 e. The molecule has 1 heterocycles. The van der Waals surface area contributed by atoms with Crippen LogP contribution in [0.15, 0.2) is 24.3 Å². The Bertz CT molecular complexity index is 434. The Kier molecular flexibility index (Phi) is 3.87. The third-order valence-electron chi connectivity index (χ3n) is 3.41. The quantitative estimate of drug-likeness (QED) is 0.801. The molecule has 2 rings (SSSR count). The highest BCUT2D eigenvalue weighted by Crippen LogP contribution is 2.33. The highest BCUT2D eigenvalue weighted by atomic mass is 16.5. The van der Waals surface area contributed by atoms with Crippen LogP contribution in [0, 0.1) is 0 Å². The van der Waals surface area contributed by atoms with Gasteiger partial charge in [-0.2, -0.15) is 0 Å². The molecule has 1 aliphatic heterocycles. The fourth-order valence-corrected chi connectivity index (χ4v) is 2.43. The van der Waals surface area contributed by atoms with E-state index in [1.165, 1.54) is 0 Å². The normalized spacial score (nSPS) is 19.4. The monoisotopic (exact) mass is 248 g/mol. The van der Waals surface area contributed by atoms with Crippen LogP contribution in [-0.4, -0.2) is 39.3 Å². The van der Waals surface area contributed by atoms with Crippen LogP contribution in [0.25, 0.3) is 0 Å². The molecule has 98 valence electrons. The van der Waals surface area contributed by atoms with E-state index in [2.05, 4.69) is 24.9 Å². The van der Waals surface area contributed by atoms with Crippen molar-refractivity contribution in [3.63, 3.8) is 0 Å². The van der Waals surface area contributed by atoms with Crippen molar-refractivity contribution >= 4 is 17.3 Å². The van der Waals surface area contributed by atoms with Crippen LogP contribution in [0.4, 0.5) is 11.4 Å². The van der Waals surface area contributed by atoms with Crippen molar-refractivity contribution in [1.29, 1.82) is 0 Å². The number of rotatable bonds is 2. The van der Waals surface area contributed by atoms with Crippen molar-refractivity contribution in [3.05, 3.63) is 24.3 Å². The summed E-state index contributed by atoms with van der Waals surface area (Å²) in [6.45, 7) is 3.17. The van der Waals surface area contributed by atoms with Crippen LogP contribution in [0.1, 0.15) is 13.3 Å². The molecule has 4 nitrogen and oxygen atoms in total. The zero-order valence-corrected chi connectivity index (χ0v) is 11.2. The lowest BCUT2D eigenvalue weighted by atomic mass is 10.2. The second-order valence-corrected chi connectivity index (χ2v) is 4.74. The molecule has 0 spiro atoms. The predicted octanol–water partition coefficient (Wildman–Crippen LogP) is 1.89. The predicted molar refractivity (Wildman–Crippen MR) is 73.2 cm³/mol. The summed E-state index contributed by atoms with van der Waals surface area (Å²) in [7, 11) is 3.62. The molecule has 0 aliphatic carbocycles. The van der Waals surface area contributed by atoms with Crippen LogP contribution in [-0.2, 0) is 9.53 Å². The van der Waals surface area contributed by atoms with Gasteiger partial charge >= 0.3 is 0 Å². The summed E-state index contributed by atoms with van der Waals surface area (Å²) in [5, 5.41) is 0. The van der Waals surface area contributed by atoms with E-state index in [9.17, 15) is 4.79 Å². The molecule has 1 aromatic carbocycles. The van der Waals surface area contributed by atoms with Gasteiger partial charge in [-0.3, -0.25) is 4.79 Å². The molecule has 4 heteroatoms. The number of carbonyl (C=O) groups is 1. The molecule has 1 unspecified atom stereocenters. The maximum absolute atomic E-state index is 12.2. The van der Waals surface area contributed by atoms with E-state index in [0.29, 0.717) is 0 Å². The van der Waals surface area contributed by atoms with E-state index in [0.717, 1.165) is 24.3 Å². The zero-order valence-electron chi connectivity index (χ0n) is 11.2. The highest BCUT2D eigenvalue weighted by molar-refractivity contribution is 5.98. The summed E-state index contributed by atoms with van der Waals surface area (Å²) in [5.74, 6) is 0.0211. The number of para-hydroxylation sites is 2. The first-order chi connectivity index (χ1) is 8.65. The Labute approximate surface area is 108 Å². The number of methoxy groups -OCH3 is 1. The number of nitrogens with zero attached hydrogens (tertiary/aromatic N) is 2. The number of amides is 1. The molecule has 1 aliphatic rings. The van der Waals surface area contributed by atoms with Gasteiger partial charge in [-0.25, -0.2) is 0 Å². The van der Waals surface area contributed by atoms with Crippen molar-refractivity contribution in [1.82, 2.24) is 0 Å². The molecular formula is C14H20N2O2. The fourth-order valence-electron chi connectivity index (χ4n) is 2.43. The number of hydrogen-bond donors (Lipinski definition) is 0. The number of fused-ring (bicyclic) bond motifs is 1. The van der Waals surface area contributed by atoms with Gasteiger partial charge in [0.2, 0.25) is 0 Å². The summed E-state index contributed by atoms with van der Waals surface area (Å²) in [4.78, 5) is 16.3. The molecule has 0 fully saturated rings. The van der Waals surface area contributed by atoms with Crippen LogP contribution >= 0.6 is 0 Å². The average Bonchev–Trinajstić information content (AvgIpc) is 2.48. The Balaban J connectivity index is 2.42. The van der Waals surface area contributed by atoms with Gasteiger partial charge in [-0.05, 0) is 25.5 Å². The number of carbonyl (C=O) groups excluding carboxylic acids is 1. The average molecular weight is 248 g/mol. The molecule has 1 atom stereocenters. The van der Waals surface area contributed by atoms with Gasteiger partial charge in [0, 0.05) is 26.7 Å². The summed E-state index contributed by atoms with van der Waals surface area (Å²) in [6.07, 6.45) is 0.959. The number of hydrogen-bond acceptors (Lipinski definition) is 3. The van der Waals surface area contributed by atoms with E-state index in [1.54, 1.807) is 7.11 Å². The Morgan fingerprint density at radius 1 is 1.39 bits per heavy atom. The maximum atomic E-state index is 12.2. The molecule has 18 heavy (non-hydrogen) atoms. The topological polar surface area (TPSA) is 32.8 Å². The summed E-state index contributed by atoms with van der Waals surface area (Å²) in [6, 6.07) is 8.22. The van der Waals surface area contributed by atoms with E-state index in [1.807, 2.05) is 23.1 Å². The Morgan fingerprint density at radius 3 is 2.72 bits per heavy atom. The molecule has 1 aromatic rings. The van der Waals surface area contributed by atoms with Crippen LogP contribution in [0.2, 0.25) is 0 Å². The van der Waals surface area contributed by atoms with Crippen LogP contribution in [0.3, 0.4) is 0 Å². The first-order valence-corrected chi connectivity index (χ1v) is 6.26. The zero-order chi connectivity index (χ0) is 13.1. The van der Waals surface area contributed by atoms with E-state index >= 15 is 0 Å². The molecule has 0 bridgehead atoms. The van der Waals surface area contributed by atoms with Crippen molar-refractivity contribution in [3.8, 4) is 0 Å². The molecule has 0 saturated carbocycles. The summed E-state index contributed by atoms with van der Waals surface area (Å²) in [5.41, 5.74) is 2.08. The standard InChI is InChI=1S/C14H20N2O2/c1-11-8-9-15(2)12-6-4-5-7-13(12)16(11)14(17)10-18-3/h4-7,11H,8-10H2,1-3H3. The molecule has 1 amide bonds. The largest absolute Gasteiger partial charge is 0.375 e. The highest BCUT2D eigenvalue weighted by Gasteiger charge is 2.27. The lowest BCUT2D eigenvalue weighted by Crippen LogP contribution is -2.40. The SMILES string of the molecule is COCC(=O)N1c2ccccc2N(C)CCC1C. The first kappa shape index (κ1) is 12.9. The van der Waals surface area contributed by atoms with Gasteiger partial charge < -0.3 is 14.5 Å². The van der Waals surface area contributed by atoms with Gasteiger partial charge in [0.15, 0.2) is 0 Å². The minimum Gasteiger partial charge on any atom is -0.375 e. The minimum absolute atomic E-state index is 0.0211. The van der Waals surface area contributed by atoms with Gasteiger partial charge in [-0.1, -0.05) is 12.1 Å². The first-order valence-electron chi connectivity index (χ1n) is 6.26. The number of ether oxygens (including phenoxy) is 1. The number of anilines is 2. The van der Waals surface area contributed by atoms with Gasteiger partial charge in [0.1, 0.15) is 6.61 Å². The van der Waals surface area contributed by atoms with Crippen molar-refractivity contribution in [2.24, 2.45) is 0 Å². The van der Waals surface area contributed by atoms with Crippen LogP contribution < -0.4 is 9.80 Å². The van der Waals surface area contributed by atoms with Gasteiger partial charge in [0.25, 0.3) is 5.91 Å². The number of benzene rings is 1.